The summed E-state index contributed by atoms with van der Waals surface area (Å²) >= 11 is 0.934. The van der Waals surface area contributed by atoms with E-state index in [-0.39, 0.29) is 22.1 Å². The van der Waals surface area contributed by atoms with Gasteiger partial charge >= 0.3 is 12.2 Å². The first-order chi connectivity index (χ1) is 15.4. The Bertz CT molecular complexity index is 1210. The van der Waals surface area contributed by atoms with Gasteiger partial charge in [-0.15, -0.1) is 11.3 Å². The average molecular weight is 480 g/mol. The van der Waals surface area contributed by atoms with E-state index in [2.05, 4.69) is 20.4 Å². The molecule has 3 aromatic heterocycles. The van der Waals surface area contributed by atoms with Crippen LogP contribution in [0.15, 0.2) is 29.8 Å². The third-order valence-electron chi connectivity index (χ3n) is 5.30. The van der Waals surface area contributed by atoms with Crippen molar-refractivity contribution in [1.29, 1.82) is 0 Å². The van der Waals surface area contributed by atoms with E-state index in [1.807, 2.05) is 0 Å². The van der Waals surface area contributed by atoms with E-state index in [1.165, 1.54) is 40.6 Å². The van der Waals surface area contributed by atoms with Crippen molar-refractivity contribution < 1.29 is 27.9 Å². The van der Waals surface area contributed by atoms with Crippen molar-refractivity contribution in [2.45, 2.75) is 38.7 Å². The van der Waals surface area contributed by atoms with Gasteiger partial charge in [-0.2, -0.15) is 18.3 Å². The number of halogens is 3. The van der Waals surface area contributed by atoms with E-state index >= 15 is 0 Å². The number of hydrogen-bond acceptors (Lipinski definition) is 7. The highest BCUT2D eigenvalue weighted by molar-refractivity contribution is 7.12. The van der Waals surface area contributed by atoms with Crippen LogP contribution in [0.25, 0.3) is 5.95 Å². The van der Waals surface area contributed by atoms with Gasteiger partial charge in [0.05, 0.1) is 16.6 Å². The summed E-state index contributed by atoms with van der Waals surface area (Å²) in [4.78, 5) is 34.0. The third-order valence-corrected chi connectivity index (χ3v) is 6.18. The molecule has 4 heterocycles. The quantitative estimate of drug-likeness (QED) is 0.494. The highest BCUT2D eigenvalue weighted by atomic mass is 32.1. The van der Waals surface area contributed by atoms with Crippen LogP contribution in [0.4, 0.5) is 18.0 Å². The Morgan fingerprint density at radius 2 is 1.91 bits per heavy atom. The number of alkyl halides is 3. The smallest absolute Gasteiger partial charge is 0.363 e. The summed E-state index contributed by atoms with van der Waals surface area (Å²) < 4.78 is 43.3. The summed E-state index contributed by atoms with van der Waals surface area (Å²) in [6, 6.07) is 1.81. The molecule has 3 atom stereocenters. The first kappa shape index (κ1) is 22.9. The van der Waals surface area contributed by atoms with Gasteiger partial charge in [-0.3, -0.25) is 4.79 Å². The number of aryl methyl sites for hydroxylation is 3. The lowest BCUT2D eigenvalue weighted by Crippen LogP contribution is -2.72. The number of nitrogens with zero attached hydrogens (tertiary/aromatic N) is 4. The van der Waals surface area contributed by atoms with Crippen molar-refractivity contribution in [2.75, 3.05) is 0 Å². The van der Waals surface area contributed by atoms with Gasteiger partial charge in [0.15, 0.2) is 5.78 Å². The number of aromatic nitrogens is 4. The van der Waals surface area contributed by atoms with E-state index in [0.717, 1.165) is 11.3 Å². The third kappa shape index (κ3) is 3.97. The zero-order valence-electron chi connectivity index (χ0n) is 17.6. The lowest BCUT2D eigenvalue weighted by molar-refractivity contribution is -0.287. The van der Waals surface area contributed by atoms with Gasteiger partial charge in [-0.1, -0.05) is 6.07 Å². The summed E-state index contributed by atoms with van der Waals surface area (Å²) in [5, 5.41) is 20.3. The minimum Gasteiger partial charge on any atom is -0.363 e. The predicted octanol–water partition coefficient (Wildman–Crippen LogP) is 2.75. The van der Waals surface area contributed by atoms with Gasteiger partial charge in [0.25, 0.3) is 5.95 Å². The molecular weight excluding hydrogens is 461 g/mol. The number of ketones is 1. The number of nitrogens with one attached hydrogen (secondary N) is 2. The van der Waals surface area contributed by atoms with Gasteiger partial charge in [0.1, 0.15) is 5.92 Å². The fourth-order valence-corrected chi connectivity index (χ4v) is 4.57. The molecule has 0 aromatic carbocycles. The molecular formula is C20H19F3N6O3S. The molecule has 0 aliphatic carbocycles. The lowest BCUT2D eigenvalue weighted by atomic mass is 9.79. The van der Waals surface area contributed by atoms with Gasteiger partial charge in [-0.05, 0) is 38.3 Å². The molecule has 3 aromatic rings. The zero-order chi connectivity index (χ0) is 24.1. The van der Waals surface area contributed by atoms with E-state index in [9.17, 15) is 27.9 Å². The molecule has 3 N–H and O–H groups in total. The molecule has 174 valence electrons. The normalized spacial score (nSPS) is 23.2. The Kier molecular flexibility index (Phi) is 5.48. The van der Waals surface area contributed by atoms with Crippen LogP contribution in [-0.4, -0.2) is 48.6 Å². The Morgan fingerprint density at radius 1 is 1.24 bits per heavy atom. The molecule has 0 unspecified atom stereocenters. The SMILES string of the molecule is Cc1cc(C)nc(-n2cc([C@@H]3NC(=O)N[C@@](O)(C(F)(F)F)[C@H]3C(=O)c3cccs3)c(C)n2)n1. The Hall–Kier alpha value is -3.32. The molecule has 2 amide bonds. The number of thiophene rings is 1. The molecule has 1 aliphatic heterocycles. The fraction of sp³-hybridized carbons (Fsp3) is 0.350. The van der Waals surface area contributed by atoms with Crippen LogP contribution in [-0.2, 0) is 0 Å². The highest BCUT2D eigenvalue weighted by Crippen LogP contribution is 2.44. The summed E-state index contributed by atoms with van der Waals surface area (Å²) in [7, 11) is 0. The van der Waals surface area contributed by atoms with Gasteiger partial charge in [-0.25, -0.2) is 19.4 Å². The van der Waals surface area contributed by atoms with Crippen LogP contribution >= 0.6 is 11.3 Å². The van der Waals surface area contributed by atoms with E-state index in [0.29, 0.717) is 11.4 Å². The molecule has 1 fully saturated rings. The first-order valence-electron chi connectivity index (χ1n) is 9.75. The van der Waals surface area contributed by atoms with Gasteiger partial charge in [0.2, 0.25) is 5.72 Å². The second-order valence-corrected chi connectivity index (χ2v) is 8.67. The monoisotopic (exact) mass is 480 g/mol. The maximum atomic E-state index is 14.0. The van der Waals surface area contributed by atoms with Crippen LogP contribution in [0.5, 0.6) is 0 Å². The van der Waals surface area contributed by atoms with Gasteiger partial charge in [0, 0.05) is 23.1 Å². The highest BCUT2D eigenvalue weighted by Gasteiger charge is 2.66. The van der Waals surface area contributed by atoms with Gasteiger partial charge < -0.3 is 15.7 Å². The minimum absolute atomic E-state index is 0.00770. The Balaban J connectivity index is 1.86. The number of carbonyl (C=O) groups is 2. The molecule has 9 nitrogen and oxygen atoms in total. The summed E-state index contributed by atoms with van der Waals surface area (Å²) in [6.45, 7) is 5.02. The number of rotatable bonds is 4. The fourth-order valence-electron chi connectivity index (χ4n) is 3.86. The van der Waals surface area contributed by atoms with Crippen molar-refractivity contribution in [1.82, 2.24) is 30.4 Å². The van der Waals surface area contributed by atoms with E-state index in [1.54, 1.807) is 19.9 Å². The summed E-state index contributed by atoms with van der Waals surface area (Å²) in [5.41, 5.74) is -2.14. The lowest BCUT2D eigenvalue weighted by Gasteiger charge is -2.44. The number of carbonyl (C=O) groups excluding carboxylic acids is 2. The average Bonchev–Trinajstić information content (AvgIpc) is 3.35. The first-order valence-corrected chi connectivity index (χ1v) is 10.6. The van der Waals surface area contributed by atoms with Crippen molar-refractivity contribution in [3.8, 4) is 5.95 Å². The summed E-state index contributed by atoms with van der Waals surface area (Å²) in [6.07, 6.45) is -3.98. The maximum Gasteiger partial charge on any atom is 0.437 e. The van der Waals surface area contributed by atoms with Crippen molar-refractivity contribution in [2.24, 2.45) is 5.92 Å². The topological polar surface area (TPSA) is 122 Å². The molecule has 1 saturated heterocycles. The number of aliphatic hydroxyl groups is 1. The Morgan fingerprint density at radius 3 is 2.48 bits per heavy atom. The van der Waals surface area contributed by atoms with Crippen molar-refractivity contribution in [3.63, 3.8) is 0 Å². The summed E-state index contributed by atoms with van der Waals surface area (Å²) in [5.74, 6) is -2.92. The molecule has 33 heavy (non-hydrogen) atoms. The molecule has 13 heteroatoms. The minimum atomic E-state index is -5.33. The molecule has 0 radical (unpaired) electrons. The molecule has 4 rings (SSSR count). The van der Waals surface area contributed by atoms with Crippen LogP contribution in [0.3, 0.4) is 0 Å². The molecule has 0 saturated carbocycles. The Labute approximate surface area is 189 Å². The number of urea groups is 1. The van der Waals surface area contributed by atoms with E-state index < -0.39 is 35.7 Å². The largest absolute Gasteiger partial charge is 0.437 e. The van der Waals surface area contributed by atoms with E-state index in [4.69, 9.17) is 0 Å². The number of hydrogen-bond donors (Lipinski definition) is 3. The second-order valence-electron chi connectivity index (χ2n) is 7.72. The van der Waals surface area contributed by atoms with Crippen LogP contribution in [0, 0.1) is 26.7 Å². The van der Waals surface area contributed by atoms with Crippen LogP contribution in [0.2, 0.25) is 0 Å². The van der Waals surface area contributed by atoms with Crippen LogP contribution in [0.1, 0.15) is 38.4 Å². The maximum absolute atomic E-state index is 14.0. The van der Waals surface area contributed by atoms with Crippen LogP contribution < -0.4 is 10.6 Å². The molecule has 0 bridgehead atoms. The standard InChI is InChI=1S/C20H19F3N6O3S/c1-9-7-10(2)25-17(24-9)29-8-12(11(3)28-29)15-14(16(30)13-5-4-6-33-13)19(32,20(21,22)23)27-18(31)26-15/h4-8,14-15,32H,1-3H3,(H2,26,27,31)/t14-,15+,19+/m1/s1. The molecule has 0 spiro atoms. The van der Waals surface area contributed by atoms with Crippen molar-refractivity contribution in [3.05, 3.63) is 57.3 Å². The number of Topliss-reactive ketones (excluding diaryl/α,β-unsaturated/α-hetero) is 1. The second kappa shape index (κ2) is 7.92. The zero-order valence-corrected chi connectivity index (χ0v) is 18.5. The molecule has 1 aliphatic rings. The predicted molar refractivity (Wildman–Crippen MR) is 111 cm³/mol. The number of amides is 2. The van der Waals surface area contributed by atoms with Crippen molar-refractivity contribution >= 4 is 23.2 Å².